The van der Waals surface area contributed by atoms with Crippen molar-refractivity contribution in [2.75, 3.05) is 18.4 Å². The molecule has 1 unspecified atom stereocenters. The van der Waals surface area contributed by atoms with E-state index in [0.29, 0.717) is 23.9 Å². The topological polar surface area (TPSA) is 83.9 Å². The predicted octanol–water partition coefficient (Wildman–Crippen LogP) is 2.43. The molecule has 3 heterocycles. The molecule has 1 aliphatic heterocycles. The van der Waals surface area contributed by atoms with Crippen LogP contribution in [0.1, 0.15) is 43.6 Å². The SMILES string of the molecule is CCC(=O)N1CCCC(c2cc(Nc3cnccn3)nc(C)n2)C1. The van der Waals surface area contributed by atoms with Gasteiger partial charge in [-0.05, 0) is 19.8 Å². The molecule has 0 bridgehead atoms. The fraction of sp³-hybridized carbons (Fsp3) is 0.471. The fourth-order valence-corrected chi connectivity index (χ4v) is 3.03. The molecule has 0 aliphatic carbocycles. The third-order valence-electron chi connectivity index (χ3n) is 4.17. The molecule has 3 rings (SSSR count). The van der Waals surface area contributed by atoms with E-state index in [1.807, 2.05) is 24.8 Å². The Morgan fingerprint density at radius 2 is 2.21 bits per heavy atom. The minimum absolute atomic E-state index is 0.211. The summed E-state index contributed by atoms with van der Waals surface area (Å²) in [6.45, 7) is 5.36. The van der Waals surface area contributed by atoms with Crippen LogP contribution in [0.15, 0.2) is 24.7 Å². The third-order valence-corrected chi connectivity index (χ3v) is 4.17. The summed E-state index contributed by atoms with van der Waals surface area (Å²) in [7, 11) is 0. The molecular formula is C17H22N6O. The number of hydrogen-bond donors (Lipinski definition) is 1. The highest BCUT2D eigenvalue weighted by atomic mass is 16.2. The summed E-state index contributed by atoms with van der Waals surface area (Å²) >= 11 is 0. The number of carbonyl (C=O) groups is 1. The van der Waals surface area contributed by atoms with Crippen molar-refractivity contribution < 1.29 is 4.79 Å². The number of anilines is 2. The van der Waals surface area contributed by atoms with Crippen molar-refractivity contribution in [1.82, 2.24) is 24.8 Å². The lowest BCUT2D eigenvalue weighted by Gasteiger charge is -2.32. The molecule has 0 aromatic carbocycles. The molecule has 7 nitrogen and oxygen atoms in total. The highest BCUT2D eigenvalue weighted by Gasteiger charge is 2.25. The Morgan fingerprint density at radius 3 is 2.96 bits per heavy atom. The standard InChI is InChI=1S/C17H22N6O/c1-3-17(24)23-8-4-5-13(11-23)14-9-15(21-12(2)20-14)22-16-10-18-6-7-19-16/h6-7,9-10,13H,3-5,8,11H2,1-2H3,(H,19,20,21,22). The van der Waals surface area contributed by atoms with Crippen molar-refractivity contribution in [3.05, 3.63) is 36.2 Å². The average molecular weight is 326 g/mol. The van der Waals surface area contributed by atoms with Crippen molar-refractivity contribution in [3.63, 3.8) is 0 Å². The van der Waals surface area contributed by atoms with Crippen LogP contribution in [0.2, 0.25) is 0 Å². The van der Waals surface area contributed by atoms with E-state index < -0.39 is 0 Å². The fourth-order valence-electron chi connectivity index (χ4n) is 3.03. The molecule has 0 spiro atoms. The Kier molecular flexibility index (Phi) is 4.98. The monoisotopic (exact) mass is 326 g/mol. The van der Waals surface area contributed by atoms with Crippen LogP contribution in [0.25, 0.3) is 0 Å². The molecule has 1 aliphatic rings. The number of nitrogens with zero attached hydrogens (tertiary/aromatic N) is 5. The highest BCUT2D eigenvalue weighted by molar-refractivity contribution is 5.76. The lowest BCUT2D eigenvalue weighted by molar-refractivity contribution is -0.132. The van der Waals surface area contributed by atoms with Gasteiger partial charge in [-0.2, -0.15) is 0 Å². The first-order valence-corrected chi connectivity index (χ1v) is 8.32. The van der Waals surface area contributed by atoms with Crippen LogP contribution < -0.4 is 5.32 Å². The van der Waals surface area contributed by atoms with Crippen molar-refractivity contribution in [2.45, 2.75) is 39.0 Å². The largest absolute Gasteiger partial charge is 0.342 e. The van der Waals surface area contributed by atoms with Gasteiger partial charge in [-0.25, -0.2) is 15.0 Å². The maximum Gasteiger partial charge on any atom is 0.222 e. The van der Waals surface area contributed by atoms with E-state index in [9.17, 15) is 4.79 Å². The van der Waals surface area contributed by atoms with Gasteiger partial charge in [0.1, 0.15) is 17.5 Å². The van der Waals surface area contributed by atoms with E-state index in [4.69, 9.17) is 0 Å². The van der Waals surface area contributed by atoms with Crippen molar-refractivity contribution >= 4 is 17.5 Å². The minimum Gasteiger partial charge on any atom is -0.342 e. The van der Waals surface area contributed by atoms with Crippen LogP contribution in [-0.4, -0.2) is 43.8 Å². The van der Waals surface area contributed by atoms with E-state index in [2.05, 4.69) is 25.3 Å². The summed E-state index contributed by atoms with van der Waals surface area (Å²) in [5, 5.41) is 3.16. The van der Waals surface area contributed by atoms with E-state index in [-0.39, 0.29) is 11.8 Å². The smallest absolute Gasteiger partial charge is 0.222 e. The number of amides is 1. The summed E-state index contributed by atoms with van der Waals surface area (Å²) in [6, 6.07) is 1.95. The van der Waals surface area contributed by atoms with E-state index >= 15 is 0 Å². The second-order valence-electron chi connectivity index (χ2n) is 5.97. The molecule has 0 saturated carbocycles. The zero-order chi connectivity index (χ0) is 16.9. The predicted molar refractivity (Wildman–Crippen MR) is 90.9 cm³/mol. The maximum absolute atomic E-state index is 12.0. The number of carbonyl (C=O) groups excluding carboxylic acids is 1. The summed E-state index contributed by atoms with van der Waals surface area (Å²) in [5.41, 5.74) is 0.975. The average Bonchev–Trinajstić information content (AvgIpc) is 2.61. The Labute approximate surface area is 141 Å². The molecular weight excluding hydrogens is 304 g/mol. The molecule has 1 atom stereocenters. The molecule has 1 saturated heterocycles. The number of hydrogen-bond acceptors (Lipinski definition) is 6. The highest BCUT2D eigenvalue weighted by Crippen LogP contribution is 2.27. The quantitative estimate of drug-likeness (QED) is 0.929. The van der Waals surface area contributed by atoms with E-state index in [1.54, 1.807) is 18.6 Å². The van der Waals surface area contributed by atoms with Crippen molar-refractivity contribution in [3.8, 4) is 0 Å². The second-order valence-corrected chi connectivity index (χ2v) is 5.97. The zero-order valence-corrected chi connectivity index (χ0v) is 14.1. The van der Waals surface area contributed by atoms with E-state index in [0.717, 1.165) is 31.6 Å². The van der Waals surface area contributed by atoms with Gasteiger partial charge in [0.05, 0.1) is 11.9 Å². The molecule has 1 fully saturated rings. The second kappa shape index (κ2) is 7.33. The number of likely N-dealkylation sites (tertiary alicyclic amines) is 1. The molecule has 0 radical (unpaired) electrons. The van der Waals surface area contributed by atoms with Gasteiger partial charge in [0.15, 0.2) is 0 Å². The third kappa shape index (κ3) is 3.84. The molecule has 1 N–H and O–H groups in total. The van der Waals surface area contributed by atoms with Gasteiger partial charge in [0, 0.05) is 43.9 Å². The van der Waals surface area contributed by atoms with Crippen LogP contribution in [-0.2, 0) is 4.79 Å². The van der Waals surface area contributed by atoms with Crippen LogP contribution in [0.4, 0.5) is 11.6 Å². The Hall–Kier alpha value is -2.57. The molecule has 24 heavy (non-hydrogen) atoms. The number of aromatic nitrogens is 4. The first-order valence-electron chi connectivity index (χ1n) is 8.32. The molecule has 2 aromatic rings. The maximum atomic E-state index is 12.0. The minimum atomic E-state index is 0.211. The van der Waals surface area contributed by atoms with Crippen molar-refractivity contribution in [1.29, 1.82) is 0 Å². The number of rotatable bonds is 4. The van der Waals surface area contributed by atoms with Gasteiger partial charge in [-0.15, -0.1) is 0 Å². The van der Waals surface area contributed by atoms with Gasteiger partial charge >= 0.3 is 0 Å². The lowest BCUT2D eigenvalue weighted by atomic mass is 9.94. The molecule has 1 amide bonds. The van der Waals surface area contributed by atoms with Crippen LogP contribution >= 0.6 is 0 Å². The summed E-state index contributed by atoms with van der Waals surface area (Å²) in [4.78, 5) is 31.2. The van der Waals surface area contributed by atoms with Gasteiger partial charge in [-0.3, -0.25) is 9.78 Å². The van der Waals surface area contributed by atoms with Crippen LogP contribution in [0.5, 0.6) is 0 Å². The Morgan fingerprint density at radius 1 is 1.33 bits per heavy atom. The molecule has 7 heteroatoms. The van der Waals surface area contributed by atoms with Crippen molar-refractivity contribution in [2.24, 2.45) is 0 Å². The first-order chi connectivity index (χ1) is 11.7. The number of piperidine rings is 1. The summed E-state index contributed by atoms with van der Waals surface area (Å²) in [5.74, 6) is 2.52. The van der Waals surface area contributed by atoms with Crippen LogP contribution in [0, 0.1) is 6.92 Å². The Bertz CT molecular complexity index is 705. The normalized spacial score (nSPS) is 17.6. The molecule has 2 aromatic heterocycles. The van der Waals surface area contributed by atoms with Crippen LogP contribution in [0.3, 0.4) is 0 Å². The van der Waals surface area contributed by atoms with Gasteiger partial charge in [0.25, 0.3) is 0 Å². The van der Waals surface area contributed by atoms with E-state index in [1.165, 1.54) is 0 Å². The van der Waals surface area contributed by atoms with Gasteiger partial charge in [0.2, 0.25) is 5.91 Å². The summed E-state index contributed by atoms with van der Waals surface area (Å²) < 4.78 is 0. The lowest BCUT2D eigenvalue weighted by Crippen LogP contribution is -2.39. The summed E-state index contributed by atoms with van der Waals surface area (Å²) in [6.07, 6.45) is 7.51. The van der Waals surface area contributed by atoms with Gasteiger partial charge < -0.3 is 10.2 Å². The van der Waals surface area contributed by atoms with Gasteiger partial charge in [-0.1, -0.05) is 6.92 Å². The number of nitrogens with one attached hydrogen (secondary N) is 1. The first kappa shape index (κ1) is 16.3. The Balaban J connectivity index is 1.79. The molecule has 126 valence electrons. The zero-order valence-electron chi connectivity index (χ0n) is 14.1. The number of aryl methyl sites for hydroxylation is 1.